The van der Waals surface area contributed by atoms with Crippen LogP contribution in [0.2, 0.25) is 0 Å². The van der Waals surface area contributed by atoms with Gasteiger partial charge in [0.05, 0.1) is 25.4 Å². The Kier molecular flexibility index (Phi) is 7.35. The van der Waals surface area contributed by atoms with Crippen molar-refractivity contribution >= 4 is 5.97 Å². The molecule has 8 heteroatoms. The minimum Gasteiger partial charge on any atom is -0.487 e. The SMILES string of the molecule is COC(=O)C(N=[N+]=[N-])C(O)c1ccc(OC(C)C)c(OC(C)C)c1. The first-order chi connectivity index (χ1) is 11.3. The van der Waals surface area contributed by atoms with E-state index in [1.54, 1.807) is 18.2 Å². The number of carbonyl (C=O) groups is 1. The third kappa shape index (κ3) is 5.33. The molecule has 132 valence electrons. The van der Waals surface area contributed by atoms with Gasteiger partial charge in [-0.1, -0.05) is 11.2 Å². The fourth-order valence-corrected chi connectivity index (χ4v) is 2.00. The fourth-order valence-electron chi connectivity index (χ4n) is 2.00. The second-order valence-electron chi connectivity index (χ2n) is 5.66. The van der Waals surface area contributed by atoms with Crippen LogP contribution in [-0.2, 0) is 9.53 Å². The zero-order chi connectivity index (χ0) is 18.3. The maximum atomic E-state index is 11.7. The van der Waals surface area contributed by atoms with Crippen molar-refractivity contribution in [1.29, 1.82) is 0 Å². The third-order valence-electron chi connectivity index (χ3n) is 2.95. The maximum absolute atomic E-state index is 11.7. The first-order valence-electron chi connectivity index (χ1n) is 7.57. The first kappa shape index (κ1) is 19.6. The van der Waals surface area contributed by atoms with Crippen molar-refractivity contribution in [2.24, 2.45) is 5.11 Å². The van der Waals surface area contributed by atoms with Gasteiger partial charge in [-0.3, -0.25) is 4.79 Å². The Balaban J connectivity index is 3.22. The average Bonchev–Trinajstić information content (AvgIpc) is 2.52. The highest BCUT2D eigenvalue weighted by molar-refractivity contribution is 5.77. The summed E-state index contributed by atoms with van der Waals surface area (Å²) in [5.41, 5.74) is 8.94. The number of aliphatic hydroxyl groups is 1. The third-order valence-corrected chi connectivity index (χ3v) is 2.95. The molecule has 0 aliphatic heterocycles. The molecule has 8 nitrogen and oxygen atoms in total. The zero-order valence-electron chi connectivity index (χ0n) is 14.5. The van der Waals surface area contributed by atoms with Crippen LogP contribution in [0.4, 0.5) is 0 Å². The van der Waals surface area contributed by atoms with Crippen molar-refractivity contribution in [2.45, 2.75) is 52.0 Å². The molecule has 0 heterocycles. The zero-order valence-corrected chi connectivity index (χ0v) is 14.5. The molecule has 1 aromatic rings. The molecule has 0 aromatic heterocycles. The van der Waals surface area contributed by atoms with Crippen LogP contribution in [0.25, 0.3) is 10.4 Å². The summed E-state index contributed by atoms with van der Waals surface area (Å²) in [6.07, 6.45) is -1.53. The van der Waals surface area contributed by atoms with Crippen LogP contribution < -0.4 is 9.47 Å². The van der Waals surface area contributed by atoms with Gasteiger partial charge < -0.3 is 19.3 Å². The van der Waals surface area contributed by atoms with Gasteiger partial charge in [-0.15, -0.1) is 0 Å². The molecule has 0 spiro atoms. The van der Waals surface area contributed by atoms with Gasteiger partial charge in [0.15, 0.2) is 17.5 Å². The molecule has 24 heavy (non-hydrogen) atoms. The molecular formula is C16H23N3O5. The first-order valence-corrected chi connectivity index (χ1v) is 7.57. The summed E-state index contributed by atoms with van der Waals surface area (Å²) in [7, 11) is 1.15. The molecule has 1 N–H and O–H groups in total. The lowest BCUT2D eigenvalue weighted by molar-refractivity contribution is -0.144. The monoisotopic (exact) mass is 337 g/mol. The second-order valence-corrected chi connectivity index (χ2v) is 5.66. The van der Waals surface area contributed by atoms with E-state index in [0.29, 0.717) is 17.1 Å². The molecule has 1 rings (SSSR count). The number of nitrogens with zero attached hydrogens (tertiary/aromatic N) is 3. The summed E-state index contributed by atoms with van der Waals surface area (Å²) >= 11 is 0. The Morgan fingerprint density at radius 2 is 1.75 bits per heavy atom. The number of esters is 1. The van der Waals surface area contributed by atoms with Gasteiger partial charge in [-0.25, -0.2) is 0 Å². The van der Waals surface area contributed by atoms with E-state index < -0.39 is 18.1 Å². The molecule has 0 aliphatic rings. The summed E-state index contributed by atoms with van der Waals surface area (Å²) in [4.78, 5) is 14.3. The number of carbonyl (C=O) groups excluding carboxylic acids is 1. The Hall–Kier alpha value is -2.44. The normalized spacial score (nSPS) is 13.2. The Labute approximate surface area is 141 Å². The number of azide groups is 1. The van der Waals surface area contributed by atoms with Gasteiger partial charge in [-0.2, -0.15) is 0 Å². The van der Waals surface area contributed by atoms with Crippen LogP contribution in [0.5, 0.6) is 11.5 Å². The lowest BCUT2D eigenvalue weighted by Crippen LogP contribution is -2.27. The fraction of sp³-hybridized carbons (Fsp3) is 0.562. The summed E-state index contributed by atoms with van der Waals surface area (Å²) < 4.78 is 15.9. The van der Waals surface area contributed by atoms with Gasteiger partial charge in [0, 0.05) is 4.91 Å². The van der Waals surface area contributed by atoms with E-state index in [9.17, 15) is 9.90 Å². The summed E-state index contributed by atoms with van der Waals surface area (Å²) in [6.45, 7) is 7.49. The topological polar surface area (TPSA) is 114 Å². The van der Waals surface area contributed by atoms with Crippen molar-refractivity contribution in [2.75, 3.05) is 7.11 Å². The van der Waals surface area contributed by atoms with E-state index in [0.717, 1.165) is 7.11 Å². The Morgan fingerprint density at radius 3 is 2.25 bits per heavy atom. The summed E-state index contributed by atoms with van der Waals surface area (Å²) in [5.74, 6) is 0.127. The highest BCUT2D eigenvalue weighted by atomic mass is 16.5. The van der Waals surface area contributed by atoms with Crippen molar-refractivity contribution in [3.05, 3.63) is 34.2 Å². The Morgan fingerprint density at radius 1 is 1.17 bits per heavy atom. The number of ether oxygens (including phenoxy) is 3. The molecule has 2 unspecified atom stereocenters. The van der Waals surface area contributed by atoms with Crippen molar-refractivity contribution < 1.29 is 24.1 Å². The van der Waals surface area contributed by atoms with E-state index in [1.165, 1.54) is 0 Å². The van der Waals surface area contributed by atoms with Gasteiger partial charge in [0.2, 0.25) is 0 Å². The number of hydrogen-bond donors (Lipinski definition) is 1. The van der Waals surface area contributed by atoms with Crippen LogP contribution in [0.3, 0.4) is 0 Å². The van der Waals surface area contributed by atoms with Gasteiger partial charge in [0.1, 0.15) is 0 Å². The summed E-state index contributed by atoms with van der Waals surface area (Å²) in [6, 6.07) is 3.40. The molecule has 0 saturated heterocycles. The van der Waals surface area contributed by atoms with E-state index in [4.69, 9.17) is 15.0 Å². The highest BCUT2D eigenvalue weighted by Crippen LogP contribution is 2.33. The minimum absolute atomic E-state index is 0.0544. The van der Waals surface area contributed by atoms with Crippen LogP contribution in [-0.4, -0.2) is 36.4 Å². The highest BCUT2D eigenvalue weighted by Gasteiger charge is 2.29. The predicted molar refractivity (Wildman–Crippen MR) is 87.9 cm³/mol. The standard InChI is InChI=1S/C16H23N3O5/c1-9(2)23-12-7-6-11(8-13(12)24-10(3)4)15(20)14(18-19-17)16(21)22-5/h6-10,14-15,20H,1-5H3. The smallest absolute Gasteiger partial charge is 0.317 e. The average molecular weight is 337 g/mol. The summed E-state index contributed by atoms with van der Waals surface area (Å²) in [5, 5.41) is 13.7. The van der Waals surface area contributed by atoms with Gasteiger partial charge in [0.25, 0.3) is 0 Å². The van der Waals surface area contributed by atoms with E-state index in [-0.39, 0.29) is 12.2 Å². The number of rotatable bonds is 8. The van der Waals surface area contributed by atoms with Gasteiger partial charge in [-0.05, 0) is 50.9 Å². The number of methoxy groups -OCH3 is 1. The number of benzene rings is 1. The predicted octanol–water partition coefficient (Wildman–Crippen LogP) is 3.15. The molecule has 0 radical (unpaired) electrons. The van der Waals surface area contributed by atoms with Crippen molar-refractivity contribution in [3.63, 3.8) is 0 Å². The molecule has 0 bridgehead atoms. The van der Waals surface area contributed by atoms with Crippen molar-refractivity contribution in [3.8, 4) is 11.5 Å². The van der Waals surface area contributed by atoms with E-state index in [1.807, 2.05) is 27.7 Å². The molecule has 0 aliphatic carbocycles. The lowest BCUT2D eigenvalue weighted by atomic mass is 10.0. The molecule has 2 atom stereocenters. The lowest BCUT2D eigenvalue weighted by Gasteiger charge is -2.21. The van der Waals surface area contributed by atoms with E-state index in [2.05, 4.69) is 14.8 Å². The van der Waals surface area contributed by atoms with Crippen LogP contribution in [0.15, 0.2) is 23.3 Å². The molecule has 0 fully saturated rings. The van der Waals surface area contributed by atoms with Gasteiger partial charge >= 0.3 is 5.97 Å². The quantitative estimate of drug-likeness (QED) is 0.339. The largest absolute Gasteiger partial charge is 0.487 e. The Bertz CT molecular complexity index is 612. The van der Waals surface area contributed by atoms with E-state index >= 15 is 0 Å². The molecule has 0 amide bonds. The maximum Gasteiger partial charge on any atom is 0.317 e. The van der Waals surface area contributed by atoms with Crippen molar-refractivity contribution in [1.82, 2.24) is 0 Å². The minimum atomic E-state index is -1.39. The number of aliphatic hydroxyl groups excluding tert-OH is 1. The molecule has 1 aromatic carbocycles. The molecule has 0 saturated carbocycles. The molecular weight excluding hydrogens is 314 g/mol. The number of hydrogen-bond acceptors (Lipinski definition) is 6. The second kappa shape index (κ2) is 9.00. The van der Waals surface area contributed by atoms with Crippen LogP contribution >= 0.6 is 0 Å². The van der Waals surface area contributed by atoms with Crippen LogP contribution in [0, 0.1) is 0 Å². The van der Waals surface area contributed by atoms with Crippen LogP contribution in [0.1, 0.15) is 39.4 Å².